The van der Waals surface area contributed by atoms with Gasteiger partial charge in [-0.3, -0.25) is 0 Å². The minimum Gasteiger partial charge on any atom is -0.381 e. The van der Waals surface area contributed by atoms with Crippen molar-refractivity contribution >= 4 is 5.82 Å². The quantitative estimate of drug-likeness (QED) is 0.908. The van der Waals surface area contributed by atoms with Gasteiger partial charge in [0.25, 0.3) is 0 Å². The number of hydrogen-bond donors (Lipinski definition) is 1. The third kappa shape index (κ3) is 2.73. The Balaban J connectivity index is 1.93. The Bertz CT molecular complexity index is 441. The number of aryl methyl sites for hydroxylation is 1. The molecule has 4 nitrogen and oxygen atoms in total. The Morgan fingerprint density at radius 1 is 1.21 bits per heavy atom. The van der Waals surface area contributed by atoms with E-state index in [1.165, 1.54) is 24.1 Å². The van der Waals surface area contributed by atoms with Crippen molar-refractivity contribution in [3.05, 3.63) is 17.1 Å². The highest BCUT2D eigenvalue weighted by Crippen LogP contribution is 2.29. The third-order valence-electron chi connectivity index (χ3n) is 4.07. The molecule has 2 heterocycles. The molecule has 104 valence electrons. The highest BCUT2D eigenvalue weighted by atomic mass is 16.5. The first-order chi connectivity index (χ1) is 9.38. The maximum atomic E-state index is 5.58. The van der Waals surface area contributed by atoms with E-state index in [-0.39, 0.29) is 0 Å². The van der Waals surface area contributed by atoms with Crippen LogP contribution >= 0.6 is 0 Å². The molecule has 1 saturated heterocycles. The number of anilines is 1. The van der Waals surface area contributed by atoms with Gasteiger partial charge in [0, 0.05) is 30.3 Å². The van der Waals surface area contributed by atoms with Crippen molar-refractivity contribution in [1.82, 2.24) is 9.97 Å². The van der Waals surface area contributed by atoms with Gasteiger partial charge in [0.05, 0.1) is 6.61 Å². The van der Waals surface area contributed by atoms with Crippen molar-refractivity contribution in [3.63, 3.8) is 0 Å². The van der Waals surface area contributed by atoms with Crippen LogP contribution in [-0.2, 0) is 17.6 Å². The number of nitrogens with one attached hydrogen (secondary N) is 1. The summed E-state index contributed by atoms with van der Waals surface area (Å²) in [5.41, 5.74) is 2.63. The lowest BCUT2D eigenvalue weighted by atomic mass is 9.95. The average Bonchev–Trinajstić information content (AvgIpc) is 2.48. The fourth-order valence-corrected chi connectivity index (χ4v) is 3.05. The normalized spacial score (nSPS) is 22.9. The Kier molecular flexibility index (Phi) is 3.97. The molecule has 1 atom stereocenters. The number of fused-ring (bicyclic) bond motifs is 1. The van der Waals surface area contributed by atoms with Gasteiger partial charge >= 0.3 is 0 Å². The van der Waals surface area contributed by atoms with E-state index in [4.69, 9.17) is 14.7 Å². The summed E-state index contributed by atoms with van der Waals surface area (Å²) >= 11 is 0. The van der Waals surface area contributed by atoms with Gasteiger partial charge < -0.3 is 10.1 Å². The maximum Gasteiger partial charge on any atom is 0.136 e. The van der Waals surface area contributed by atoms with Gasteiger partial charge in [-0.25, -0.2) is 9.97 Å². The minimum absolute atomic E-state index is 0.387. The van der Waals surface area contributed by atoms with Crippen LogP contribution in [0.5, 0.6) is 0 Å². The fourth-order valence-electron chi connectivity index (χ4n) is 3.05. The van der Waals surface area contributed by atoms with E-state index in [1.807, 2.05) is 0 Å². The van der Waals surface area contributed by atoms with Gasteiger partial charge in [-0.15, -0.1) is 0 Å². The van der Waals surface area contributed by atoms with Gasteiger partial charge in [0.1, 0.15) is 11.6 Å². The van der Waals surface area contributed by atoms with E-state index in [0.717, 1.165) is 57.1 Å². The molecule has 1 aromatic heterocycles. The second-order valence-corrected chi connectivity index (χ2v) is 5.51. The molecule has 0 saturated carbocycles. The lowest BCUT2D eigenvalue weighted by molar-refractivity contribution is 0.0780. The second-order valence-electron chi connectivity index (χ2n) is 5.51. The zero-order chi connectivity index (χ0) is 13.1. The van der Waals surface area contributed by atoms with Crippen LogP contribution in [0.15, 0.2) is 0 Å². The molecule has 3 rings (SSSR count). The van der Waals surface area contributed by atoms with Crippen LogP contribution in [-0.4, -0.2) is 29.7 Å². The van der Waals surface area contributed by atoms with Crippen LogP contribution in [0.3, 0.4) is 0 Å². The van der Waals surface area contributed by atoms with Gasteiger partial charge in [-0.05, 0) is 45.4 Å². The summed E-state index contributed by atoms with van der Waals surface area (Å²) in [6.07, 6.45) is 7.04. The first-order valence-electron chi connectivity index (χ1n) is 7.59. The molecule has 0 bridgehead atoms. The highest BCUT2D eigenvalue weighted by molar-refractivity contribution is 5.48. The zero-order valence-corrected chi connectivity index (χ0v) is 11.7. The third-order valence-corrected chi connectivity index (χ3v) is 4.07. The predicted octanol–water partition coefficient (Wildman–Crippen LogP) is 2.68. The molecule has 1 unspecified atom stereocenters. The molecule has 4 heteroatoms. The van der Waals surface area contributed by atoms with Crippen molar-refractivity contribution in [2.24, 2.45) is 0 Å². The molecule has 1 aliphatic carbocycles. The molecular formula is C15H23N3O. The van der Waals surface area contributed by atoms with Gasteiger partial charge in [0.2, 0.25) is 0 Å². The van der Waals surface area contributed by atoms with Crippen molar-refractivity contribution in [2.75, 3.05) is 25.1 Å². The standard InChI is InChI=1S/C15H23N3O/c1-2-16-15-12-7-3-4-8-13(12)17-14(18-15)11-6-5-9-19-10-11/h11H,2-10H2,1H3,(H,16,17,18). The van der Waals surface area contributed by atoms with Crippen LogP contribution in [0, 0.1) is 0 Å². The largest absolute Gasteiger partial charge is 0.381 e. The lowest BCUT2D eigenvalue weighted by Gasteiger charge is -2.24. The first kappa shape index (κ1) is 12.9. The van der Waals surface area contributed by atoms with E-state index in [1.54, 1.807) is 0 Å². The van der Waals surface area contributed by atoms with E-state index < -0.39 is 0 Å². The van der Waals surface area contributed by atoms with Crippen LogP contribution in [0.25, 0.3) is 0 Å². The predicted molar refractivity (Wildman–Crippen MR) is 75.6 cm³/mol. The summed E-state index contributed by atoms with van der Waals surface area (Å²) in [7, 11) is 0. The summed E-state index contributed by atoms with van der Waals surface area (Å²) in [6, 6.07) is 0. The first-order valence-corrected chi connectivity index (χ1v) is 7.59. The molecule has 0 aromatic carbocycles. The molecule has 0 amide bonds. The molecule has 1 N–H and O–H groups in total. The maximum absolute atomic E-state index is 5.58. The molecule has 1 aromatic rings. The summed E-state index contributed by atoms with van der Waals surface area (Å²) in [6.45, 7) is 4.72. The Hall–Kier alpha value is -1.16. The summed E-state index contributed by atoms with van der Waals surface area (Å²) < 4.78 is 5.58. The Morgan fingerprint density at radius 2 is 2.11 bits per heavy atom. The van der Waals surface area contributed by atoms with Crippen LogP contribution in [0.4, 0.5) is 5.82 Å². The molecule has 2 aliphatic rings. The smallest absolute Gasteiger partial charge is 0.136 e. The van der Waals surface area contributed by atoms with Crippen molar-refractivity contribution in [3.8, 4) is 0 Å². The Labute approximate surface area is 115 Å². The van der Waals surface area contributed by atoms with E-state index in [2.05, 4.69) is 12.2 Å². The topological polar surface area (TPSA) is 47.0 Å². The SMILES string of the molecule is CCNc1nc(C2CCCOC2)nc2c1CCCC2. The second kappa shape index (κ2) is 5.87. The molecule has 19 heavy (non-hydrogen) atoms. The van der Waals surface area contributed by atoms with E-state index in [0.29, 0.717) is 5.92 Å². The Morgan fingerprint density at radius 3 is 2.89 bits per heavy atom. The van der Waals surface area contributed by atoms with Gasteiger partial charge in [-0.1, -0.05) is 0 Å². The van der Waals surface area contributed by atoms with E-state index in [9.17, 15) is 0 Å². The molecule has 1 fully saturated rings. The fraction of sp³-hybridized carbons (Fsp3) is 0.733. The number of ether oxygens (including phenoxy) is 1. The minimum atomic E-state index is 0.387. The van der Waals surface area contributed by atoms with Crippen LogP contribution < -0.4 is 5.32 Å². The molecular weight excluding hydrogens is 238 g/mol. The number of nitrogens with zero attached hydrogens (tertiary/aromatic N) is 2. The average molecular weight is 261 g/mol. The van der Waals surface area contributed by atoms with Gasteiger partial charge in [0.15, 0.2) is 0 Å². The van der Waals surface area contributed by atoms with Crippen molar-refractivity contribution in [1.29, 1.82) is 0 Å². The summed E-state index contributed by atoms with van der Waals surface area (Å²) in [5, 5.41) is 3.42. The monoisotopic (exact) mass is 261 g/mol. The lowest BCUT2D eigenvalue weighted by Crippen LogP contribution is -2.21. The van der Waals surface area contributed by atoms with Crippen LogP contribution in [0.1, 0.15) is 55.6 Å². The molecule has 1 aliphatic heterocycles. The van der Waals surface area contributed by atoms with Crippen LogP contribution in [0.2, 0.25) is 0 Å². The highest BCUT2D eigenvalue weighted by Gasteiger charge is 2.23. The summed E-state index contributed by atoms with van der Waals surface area (Å²) in [5.74, 6) is 2.46. The molecule has 0 radical (unpaired) electrons. The summed E-state index contributed by atoms with van der Waals surface area (Å²) in [4.78, 5) is 9.65. The molecule has 0 spiro atoms. The van der Waals surface area contributed by atoms with Crippen molar-refractivity contribution < 1.29 is 4.74 Å². The van der Waals surface area contributed by atoms with Crippen molar-refractivity contribution in [2.45, 2.75) is 51.4 Å². The zero-order valence-electron chi connectivity index (χ0n) is 11.7. The van der Waals surface area contributed by atoms with Gasteiger partial charge in [-0.2, -0.15) is 0 Å². The number of hydrogen-bond acceptors (Lipinski definition) is 4. The number of rotatable bonds is 3. The number of aromatic nitrogens is 2. The van der Waals surface area contributed by atoms with E-state index >= 15 is 0 Å².